The van der Waals surface area contributed by atoms with Crippen LogP contribution in [0, 0.1) is 12.8 Å². The lowest BCUT2D eigenvalue weighted by Crippen LogP contribution is -2.26. The highest BCUT2D eigenvalue weighted by atomic mass is 79.9. The first-order valence-corrected chi connectivity index (χ1v) is 7.55. The van der Waals surface area contributed by atoms with Crippen molar-refractivity contribution in [2.45, 2.75) is 13.3 Å². The minimum Gasteiger partial charge on any atom is -0.294 e. The maximum atomic E-state index is 12.6. The van der Waals surface area contributed by atoms with Gasteiger partial charge in [-0.3, -0.25) is 14.8 Å². The zero-order chi connectivity index (χ0) is 13.5. The van der Waals surface area contributed by atoms with Crippen molar-refractivity contribution in [3.05, 3.63) is 10.2 Å². The van der Waals surface area contributed by atoms with Crippen LogP contribution in [0.15, 0.2) is 4.47 Å². The molecule has 1 amide bonds. The van der Waals surface area contributed by atoms with Crippen molar-refractivity contribution in [2.75, 3.05) is 17.2 Å². The SMILES string of the molecule is Cc1[nH]nc(N2CC(CS(=O)(=O)F)CC2=O)c1Br. The number of nitrogens with one attached hydrogen (secondary N) is 1. The molecule has 9 heteroatoms. The third kappa shape index (κ3) is 2.72. The number of halogens is 2. The Bertz CT molecular complexity index is 586. The molecule has 1 unspecified atom stereocenters. The second-order valence-corrected chi connectivity index (χ2v) is 6.47. The summed E-state index contributed by atoms with van der Waals surface area (Å²) >= 11 is 3.29. The molecule has 0 bridgehead atoms. The maximum absolute atomic E-state index is 12.6. The van der Waals surface area contributed by atoms with Crippen LogP contribution in [0.5, 0.6) is 0 Å². The monoisotopic (exact) mass is 339 g/mol. The van der Waals surface area contributed by atoms with E-state index >= 15 is 0 Å². The third-order valence-corrected chi connectivity index (χ3v) is 4.57. The average Bonchev–Trinajstić information content (AvgIpc) is 2.70. The Kier molecular flexibility index (Phi) is 3.45. The Hall–Kier alpha value is -0.960. The number of H-pyrrole nitrogens is 1. The summed E-state index contributed by atoms with van der Waals surface area (Å²) in [7, 11) is -4.56. The number of carbonyl (C=O) groups excluding carboxylic acids is 1. The molecule has 1 aliphatic rings. The minimum absolute atomic E-state index is 0.0154. The highest BCUT2D eigenvalue weighted by Crippen LogP contribution is 2.31. The molecule has 0 aliphatic carbocycles. The van der Waals surface area contributed by atoms with Gasteiger partial charge in [-0.2, -0.15) is 13.5 Å². The van der Waals surface area contributed by atoms with Crippen molar-refractivity contribution in [3.63, 3.8) is 0 Å². The lowest BCUT2D eigenvalue weighted by Gasteiger charge is -2.13. The number of rotatable bonds is 3. The molecule has 6 nitrogen and oxygen atoms in total. The number of nitrogens with zero attached hydrogens (tertiary/aromatic N) is 2. The first-order chi connectivity index (χ1) is 8.28. The largest absolute Gasteiger partial charge is 0.302 e. The van der Waals surface area contributed by atoms with Gasteiger partial charge in [-0.15, -0.1) is 3.89 Å². The molecular formula is C9H11BrFN3O3S. The molecule has 2 heterocycles. The van der Waals surface area contributed by atoms with Crippen LogP contribution in [-0.4, -0.2) is 36.8 Å². The Morgan fingerprint density at radius 1 is 1.61 bits per heavy atom. The Morgan fingerprint density at radius 2 is 2.28 bits per heavy atom. The van der Waals surface area contributed by atoms with Gasteiger partial charge in [0.1, 0.15) is 0 Å². The molecule has 1 saturated heterocycles. The van der Waals surface area contributed by atoms with E-state index in [2.05, 4.69) is 26.1 Å². The quantitative estimate of drug-likeness (QED) is 0.837. The van der Waals surface area contributed by atoms with Gasteiger partial charge in [0.05, 0.1) is 10.2 Å². The number of hydrogen-bond donors (Lipinski definition) is 1. The Morgan fingerprint density at radius 3 is 2.78 bits per heavy atom. The molecule has 0 aromatic carbocycles. The molecule has 0 radical (unpaired) electrons. The predicted octanol–water partition coefficient (Wildman–Crippen LogP) is 1.13. The fraction of sp³-hybridized carbons (Fsp3) is 0.556. The van der Waals surface area contributed by atoms with E-state index in [1.165, 1.54) is 4.90 Å². The van der Waals surface area contributed by atoms with E-state index in [4.69, 9.17) is 0 Å². The summed E-state index contributed by atoms with van der Waals surface area (Å²) < 4.78 is 34.4. The molecule has 100 valence electrons. The van der Waals surface area contributed by atoms with Crippen LogP contribution < -0.4 is 4.90 Å². The number of aromatic nitrogens is 2. The number of amides is 1. The molecule has 1 aromatic rings. The third-order valence-electron chi connectivity index (χ3n) is 2.75. The van der Waals surface area contributed by atoms with Crippen LogP contribution in [-0.2, 0) is 15.0 Å². The van der Waals surface area contributed by atoms with Crippen LogP contribution in [0.3, 0.4) is 0 Å². The van der Waals surface area contributed by atoms with Crippen molar-refractivity contribution in [1.82, 2.24) is 10.2 Å². The maximum Gasteiger partial charge on any atom is 0.302 e. The van der Waals surface area contributed by atoms with E-state index in [0.717, 1.165) is 5.69 Å². The molecule has 1 fully saturated rings. The number of aryl methyl sites for hydroxylation is 1. The standard InChI is InChI=1S/C9H11BrFN3O3S/c1-5-8(10)9(13-12-5)14-3-6(2-7(14)15)4-18(11,16)17/h6H,2-4H2,1H3,(H,12,13). The van der Waals surface area contributed by atoms with E-state index in [-0.39, 0.29) is 18.9 Å². The summed E-state index contributed by atoms with van der Waals surface area (Å²) in [5.41, 5.74) is 0.763. The van der Waals surface area contributed by atoms with E-state index in [1.54, 1.807) is 6.92 Å². The van der Waals surface area contributed by atoms with E-state index in [0.29, 0.717) is 10.3 Å². The van der Waals surface area contributed by atoms with Crippen LogP contribution >= 0.6 is 15.9 Å². The van der Waals surface area contributed by atoms with Crippen LogP contribution in [0.25, 0.3) is 0 Å². The number of anilines is 1. The second kappa shape index (κ2) is 4.61. The van der Waals surface area contributed by atoms with Crippen molar-refractivity contribution >= 4 is 37.9 Å². The fourth-order valence-corrected chi connectivity index (χ4v) is 3.14. The summed E-state index contributed by atoms with van der Waals surface area (Å²) in [6.45, 7) is 1.94. The first-order valence-electron chi connectivity index (χ1n) is 5.21. The van der Waals surface area contributed by atoms with E-state index in [9.17, 15) is 17.1 Å². The molecule has 1 N–H and O–H groups in total. The van der Waals surface area contributed by atoms with E-state index < -0.39 is 21.9 Å². The van der Waals surface area contributed by atoms with Crippen molar-refractivity contribution in [2.24, 2.45) is 5.92 Å². The van der Waals surface area contributed by atoms with Crippen molar-refractivity contribution in [1.29, 1.82) is 0 Å². The molecule has 18 heavy (non-hydrogen) atoms. The molecule has 2 rings (SSSR count). The van der Waals surface area contributed by atoms with Gasteiger partial charge in [-0.1, -0.05) is 0 Å². The summed E-state index contributed by atoms with van der Waals surface area (Å²) in [6, 6.07) is 0. The molecule has 1 aromatic heterocycles. The summed E-state index contributed by atoms with van der Waals surface area (Å²) in [5, 5.41) is 6.68. The zero-order valence-electron chi connectivity index (χ0n) is 9.48. The van der Waals surface area contributed by atoms with Crippen LogP contribution in [0.4, 0.5) is 9.70 Å². The normalized spacial score (nSPS) is 20.7. The van der Waals surface area contributed by atoms with Crippen LogP contribution in [0.2, 0.25) is 0 Å². The zero-order valence-corrected chi connectivity index (χ0v) is 11.9. The molecular weight excluding hydrogens is 329 g/mol. The molecule has 1 atom stereocenters. The predicted molar refractivity (Wildman–Crippen MR) is 66.4 cm³/mol. The van der Waals surface area contributed by atoms with Gasteiger partial charge in [-0.05, 0) is 22.9 Å². The minimum atomic E-state index is -4.56. The highest BCUT2D eigenvalue weighted by Gasteiger charge is 2.35. The summed E-state index contributed by atoms with van der Waals surface area (Å²) in [5.74, 6) is -1.00. The summed E-state index contributed by atoms with van der Waals surface area (Å²) in [4.78, 5) is 13.1. The van der Waals surface area contributed by atoms with E-state index in [1.807, 2.05) is 0 Å². The van der Waals surface area contributed by atoms with Crippen LogP contribution in [0.1, 0.15) is 12.1 Å². The molecule has 0 saturated carbocycles. The lowest BCUT2D eigenvalue weighted by atomic mass is 10.1. The van der Waals surface area contributed by atoms with Gasteiger partial charge in [0.25, 0.3) is 0 Å². The second-order valence-electron chi connectivity index (χ2n) is 4.27. The number of aromatic amines is 1. The van der Waals surface area contributed by atoms with Gasteiger partial charge in [0, 0.05) is 24.6 Å². The molecule has 1 aliphatic heterocycles. The van der Waals surface area contributed by atoms with Gasteiger partial charge < -0.3 is 0 Å². The fourth-order valence-electron chi connectivity index (χ4n) is 1.96. The average molecular weight is 340 g/mol. The van der Waals surface area contributed by atoms with Gasteiger partial charge >= 0.3 is 10.2 Å². The van der Waals surface area contributed by atoms with Gasteiger partial charge in [0.15, 0.2) is 5.82 Å². The van der Waals surface area contributed by atoms with Gasteiger partial charge in [0.2, 0.25) is 5.91 Å². The lowest BCUT2D eigenvalue weighted by molar-refractivity contribution is -0.117. The highest BCUT2D eigenvalue weighted by molar-refractivity contribution is 9.10. The van der Waals surface area contributed by atoms with Crippen molar-refractivity contribution < 1.29 is 17.1 Å². The number of carbonyl (C=O) groups is 1. The Balaban J connectivity index is 2.18. The van der Waals surface area contributed by atoms with Gasteiger partial charge in [-0.25, -0.2) is 0 Å². The molecule has 0 spiro atoms. The Labute approximate surface area is 112 Å². The first kappa shape index (κ1) is 13.5. The smallest absolute Gasteiger partial charge is 0.294 e. The van der Waals surface area contributed by atoms with Crippen molar-refractivity contribution in [3.8, 4) is 0 Å². The summed E-state index contributed by atoms with van der Waals surface area (Å²) in [6.07, 6.45) is 0.0154. The topological polar surface area (TPSA) is 83.1 Å². The number of hydrogen-bond acceptors (Lipinski definition) is 4.